The molecule has 1 aliphatic heterocycles. The van der Waals surface area contributed by atoms with Crippen LogP contribution in [0, 0.1) is 0 Å². The zero-order valence-electron chi connectivity index (χ0n) is 18.6. The topological polar surface area (TPSA) is 6.48 Å². The lowest BCUT2D eigenvalue weighted by Gasteiger charge is -2.33. The third-order valence-corrected chi connectivity index (χ3v) is 6.02. The maximum atomic E-state index is 2.60. The Morgan fingerprint density at radius 2 is 1.07 bits per heavy atom. The van der Waals surface area contributed by atoms with Gasteiger partial charge in [0.2, 0.25) is 0 Å². The summed E-state index contributed by atoms with van der Waals surface area (Å²) in [7, 11) is 0. The highest BCUT2D eigenvalue weighted by Crippen LogP contribution is 2.22. The van der Waals surface area contributed by atoms with Crippen LogP contribution in [0.3, 0.4) is 0 Å². The SMILES string of the molecule is CCCCCCCCCCN1C=CN(CCCCCC)C1Cc1ccccc1. The third-order valence-electron chi connectivity index (χ3n) is 6.02. The number of nitrogens with zero attached hydrogens (tertiary/aromatic N) is 2. The first-order valence-electron chi connectivity index (χ1n) is 12.1. The minimum absolute atomic E-state index is 0.508. The Hall–Kier alpha value is -1.44. The standard InChI is InChI=1S/C26H44N2/c1-3-5-7-9-10-11-12-17-21-28-23-22-27(20-16-8-6-4-2)26(28)24-25-18-14-13-15-19-25/h13-15,18-19,22-23,26H,3-12,16-17,20-21,24H2,1-2H3. The predicted octanol–water partition coefficient (Wildman–Crippen LogP) is 7.37. The molecule has 1 unspecified atom stereocenters. The zero-order valence-corrected chi connectivity index (χ0v) is 18.6. The average Bonchev–Trinajstić information content (AvgIpc) is 3.09. The maximum Gasteiger partial charge on any atom is 0.105 e. The van der Waals surface area contributed by atoms with Gasteiger partial charge in [0.1, 0.15) is 6.17 Å². The zero-order chi connectivity index (χ0) is 19.9. The summed E-state index contributed by atoms with van der Waals surface area (Å²) < 4.78 is 0. The van der Waals surface area contributed by atoms with Crippen LogP contribution in [0.1, 0.15) is 96.5 Å². The highest BCUT2D eigenvalue weighted by Gasteiger charge is 2.25. The molecule has 2 heteroatoms. The van der Waals surface area contributed by atoms with Crippen molar-refractivity contribution in [2.24, 2.45) is 0 Å². The first kappa shape index (κ1) is 22.8. The Bertz CT molecular complexity index is 510. The van der Waals surface area contributed by atoms with Crippen LogP contribution >= 0.6 is 0 Å². The summed E-state index contributed by atoms with van der Waals surface area (Å²) in [4.78, 5) is 5.19. The molecule has 0 aromatic heterocycles. The van der Waals surface area contributed by atoms with E-state index in [0.717, 1.165) is 6.42 Å². The monoisotopic (exact) mass is 384 g/mol. The van der Waals surface area contributed by atoms with Crippen LogP contribution in [0.15, 0.2) is 42.7 Å². The highest BCUT2D eigenvalue weighted by molar-refractivity contribution is 5.17. The van der Waals surface area contributed by atoms with Gasteiger partial charge in [-0.1, -0.05) is 108 Å². The van der Waals surface area contributed by atoms with E-state index < -0.39 is 0 Å². The summed E-state index contributed by atoms with van der Waals surface area (Å²) in [5, 5.41) is 0. The van der Waals surface area contributed by atoms with E-state index in [2.05, 4.69) is 66.4 Å². The highest BCUT2D eigenvalue weighted by atomic mass is 15.4. The van der Waals surface area contributed by atoms with Crippen molar-refractivity contribution in [3.63, 3.8) is 0 Å². The molecule has 0 spiro atoms. The van der Waals surface area contributed by atoms with Crippen LogP contribution < -0.4 is 0 Å². The van der Waals surface area contributed by atoms with Crippen molar-refractivity contribution in [1.82, 2.24) is 9.80 Å². The summed E-state index contributed by atoms with van der Waals surface area (Å²) in [5.41, 5.74) is 1.45. The summed E-state index contributed by atoms with van der Waals surface area (Å²) in [6.07, 6.45) is 22.8. The minimum Gasteiger partial charge on any atom is -0.356 e. The largest absolute Gasteiger partial charge is 0.356 e. The molecule has 1 atom stereocenters. The van der Waals surface area contributed by atoms with E-state index in [1.165, 1.54) is 95.7 Å². The van der Waals surface area contributed by atoms with E-state index in [-0.39, 0.29) is 0 Å². The first-order valence-corrected chi connectivity index (χ1v) is 12.1. The van der Waals surface area contributed by atoms with Gasteiger partial charge in [-0.3, -0.25) is 0 Å². The Balaban J connectivity index is 1.75. The second-order valence-electron chi connectivity index (χ2n) is 8.48. The predicted molar refractivity (Wildman–Crippen MR) is 123 cm³/mol. The van der Waals surface area contributed by atoms with Crippen LogP contribution in [-0.4, -0.2) is 29.1 Å². The van der Waals surface area contributed by atoms with Gasteiger partial charge in [0, 0.05) is 31.9 Å². The van der Waals surface area contributed by atoms with Crippen molar-refractivity contribution < 1.29 is 0 Å². The molecule has 0 N–H and O–H groups in total. The van der Waals surface area contributed by atoms with E-state index in [1.54, 1.807) is 0 Å². The van der Waals surface area contributed by atoms with E-state index in [0.29, 0.717) is 6.17 Å². The summed E-state index contributed by atoms with van der Waals surface area (Å²) in [6.45, 7) is 6.98. The fourth-order valence-electron chi connectivity index (χ4n) is 4.22. The average molecular weight is 385 g/mol. The molecule has 0 saturated heterocycles. The van der Waals surface area contributed by atoms with Crippen molar-refractivity contribution in [1.29, 1.82) is 0 Å². The first-order chi connectivity index (χ1) is 13.8. The fourth-order valence-corrected chi connectivity index (χ4v) is 4.22. The summed E-state index contributed by atoms with van der Waals surface area (Å²) >= 11 is 0. The molecule has 0 fully saturated rings. The van der Waals surface area contributed by atoms with Crippen LogP contribution in [0.25, 0.3) is 0 Å². The van der Waals surface area contributed by atoms with E-state index in [1.807, 2.05) is 0 Å². The molecular formula is C26H44N2. The Morgan fingerprint density at radius 1 is 0.607 bits per heavy atom. The number of benzene rings is 1. The van der Waals surface area contributed by atoms with Crippen LogP contribution in [-0.2, 0) is 6.42 Å². The molecular weight excluding hydrogens is 340 g/mol. The van der Waals surface area contributed by atoms with Gasteiger partial charge in [-0.2, -0.15) is 0 Å². The van der Waals surface area contributed by atoms with Crippen molar-refractivity contribution in [3.8, 4) is 0 Å². The second-order valence-corrected chi connectivity index (χ2v) is 8.48. The number of rotatable bonds is 16. The molecule has 0 saturated carbocycles. The molecule has 0 aliphatic carbocycles. The molecule has 0 radical (unpaired) electrons. The molecule has 1 aromatic carbocycles. The lowest BCUT2D eigenvalue weighted by molar-refractivity contribution is 0.148. The van der Waals surface area contributed by atoms with Gasteiger partial charge in [0.25, 0.3) is 0 Å². The summed E-state index contributed by atoms with van der Waals surface area (Å²) in [6, 6.07) is 11.0. The van der Waals surface area contributed by atoms with E-state index in [9.17, 15) is 0 Å². The van der Waals surface area contributed by atoms with Gasteiger partial charge in [0.15, 0.2) is 0 Å². The molecule has 28 heavy (non-hydrogen) atoms. The normalized spacial score (nSPS) is 16.3. The van der Waals surface area contributed by atoms with Gasteiger partial charge >= 0.3 is 0 Å². The van der Waals surface area contributed by atoms with Gasteiger partial charge in [-0.25, -0.2) is 0 Å². The molecule has 1 aliphatic rings. The molecule has 2 nitrogen and oxygen atoms in total. The Labute approximate surface area is 175 Å². The van der Waals surface area contributed by atoms with Gasteiger partial charge < -0.3 is 9.80 Å². The van der Waals surface area contributed by atoms with Gasteiger partial charge in [0.05, 0.1) is 0 Å². The molecule has 1 aromatic rings. The van der Waals surface area contributed by atoms with Crippen LogP contribution in [0.4, 0.5) is 0 Å². The van der Waals surface area contributed by atoms with Crippen LogP contribution in [0.5, 0.6) is 0 Å². The lowest BCUT2D eigenvalue weighted by Crippen LogP contribution is -2.41. The smallest absolute Gasteiger partial charge is 0.105 e. The third kappa shape index (κ3) is 8.71. The van der Waals surface area contributed by atoms with Gasteiger partial charge in [-0.15, -0.1) is 0 Å². The van der Waals surface area contributed by atoms with E-state index in [4.69, 9.17) is 0 Å². The number of hydrogen-bond acceptors (Lipinski definition) is 2. The summed E-state index contributed by atoms with van der Waals surface area (Å²) in [5.74, 6) is 0. The van der Waals surface area contributed by atoms with Crippen molar-refractivity contribution >= 4 is 0 Å². The molecule has 1 heterocycles. The van der Waals surface area contributed by atoms with Crippen molar-refractivity contribution in [2.45, 2.75) is 103 Å². The lowest BCUT2D eigenvalue weighted by atomic mass is 10.1. The van der Waals surface area contributed by atoms with Crippen molar-refractivity contribution in [3.05, 3.63) is 48.3 Å². The van der Waals surface area contributed by atoms with E-state index >= 15 is 0 Å². The molecule has 2 rings (SSSR count). The van der Waals surface area contributed by atoms with Gasteiger partial charge in [-0.05, 0) is 18.4 Å². The minimum atomic E-state index is 0.508. The molecule has 0 amide bonds. The number of hydrogen-bond donors (Lipinski definition) is 0. The van der Waals surface area contributed by atoms with Crippen molar-refractivity contribution in [2.75, 3.05) is 13.1 Å². The molecule has 158 valence electrons. The van der Waals surface area contributed by atoms with Crippen LogP contribution in [0.2, 0.25) is 0 Å². The number of unbranched alkanes of at least 4 members (excludes halogenated alkanes) is 10. The fraction of sp³-hybridized carbons (Fsp3) is 0.692. The quantitative estimate of drug-likeness (QED) is 0.275. The maximum absolute atomic E-state index is 2.60. The second kappa shape index (κ2) is 14.5. The Morgan fingerprint density at radius 3 is 1.61 bits per heavy atom. The molecule has 0 bridgehead atoms. The Kier molecular flexibility index (Phi) is 11.9.